The number of aliphatic imine (C=N–C) groups is 1. The Morgan fingerprint density at radius 1 is 0.848 bits per heavy atom. The van der Waals surface area contributed by atoms with Gasteiger partial charge in [-0.25, -0.2) is 14.4 Å². The summed E-state index contributed by atoms with van der Waals surface area (Å²) < 4.78 is 36.0. The highest BCUT2D eigenvalue weighted by Crippen LogP contribution is 2.55. The number of Topliss-reactive ketones (excluding diaryl/α,β-unsaturated/α-hetero) is 1. The van der Waals surface area contributed by atoms with E-state index in [-0.39, 0.29) is 30.2 Å². The van der Waals surface area contributed by atoms with Crippen LogP contribution in [0.1, 0.15) is 60.5 Å². The van der Waals surface area contributed by atoms with Gasteiger partial charge in [0.25, 0.3) is 6.47 Å². The molecule has 0 radical (unpaired) electrons. The normalized spacial score (nSPS) is 12.5. The maximum atomic E-state index is 14.3. The third-order valence-electron chi connectivity index (χ3n) is 5.61. The number of nitrogens with one attached hydrogen (secondary N) is 1. The molecule has 0 aliphatic carbocycles. The summed E-state index contributed by atoms with van der Waals surface area (Å²) in [6.45, 7) is 12.6. The van der Waals surface area contributed by atoms with Crippen molar-refractivity contribution in [3.05, 3.63) is 90.5 Å². The lowest BCUT2D eigenvalue weighted by Crippen LogP contribution is -2.40. The van der Waals surface area contributed by atoms with Crippen LogP contribution >= 0.6 is 7.60 Å². The fourth-order valence-electron chi connectivity index (χ4n) is 3.75. The third-order valence-corrected chi connectivity index (χ3v) is 7.80. The molecule has 12 heteroatoms. The second-order valence-corrected chi connectivity index (χ2v) is 14.4. The minimum atomic E-state index is -3.89. The molecule has 11 nitrogen and oxygen atoms in total. The van der Waals surface area contributed by atoms with Crippen LogP contribution in [0.2, 0.25) is 0 Å². The van der Waals surface area contributed by atoms with Crippen LogP contribution in [0.15, 0.2) is 89.9 Å². The molecule has 0 spiro atoms. The highest BCUT2D eigenvalue weighted by atomic mass is 31.2. The van der Waals surface area contributed by atoms with Gasteiger partial charge in [0, 0.05) is 6.42 Å². The molecule has 3 N–H and O–H groups in total. The summed E-state index contributed by atoms with van der Waals surface area (Å²) in [5, 5.41) is 2.38. The molecule has 0 heterocycles. The molecular formula is C34H44N3O8P. The van der Waals surface area contributed by atoms with Crippen molar-refractivity contribution in [3.8, 4) is 11.5 Å². The van der Waals surface area contributed by atoms with Crippen molar-refractivity contribution >= 4 is 37.6 Å². The van der Waals surface area contributed by atoms with Gasteiger partial charge in [-0.1, -0.05) is 48.5 Å². The van der Waals surface area contributed by atoms with Crippen molar-refractivity contribution in [2.45, 2.75) is 78.2 Å². The number of ketones is 1. The number of amides is 1. The number of benzene rings is 3. The van der Waals surface area contributed by atoms with Crippen LogP contribution in [0.3, 0.4) is 0 Å². The molecule has 46 heavy (non-hydrogen) atoms. The molecule has 0 aliphatic rings. The van der Waals surface area contributed by atoms with Gasteiger partial charge in [0.15, 0.2) is 0 Å². The second-order valence-electron chi connectivity index (χ2n) is 12.2. The van der Waals surface area contributed by atoms with E-state index in [1.807, 2.05) is 32.9 Å². The Bertz CT molecular complexity index is 1440. The number of ether oxygens (including phenoxy) is 2. The van der Waals surface area contributed by atoms with E-state index in [0.29, 0.717) is 23.7 Å². The molecule has 1 amide bonds. The Morgan fingerprint density at radius 2 is 1.35 bits per heavy atom. The standard InChI is InChI=1S/C29H34N3O6P.C5H10O2/c1-21(33)19-26(39(35,37-24-11-7-5-8-12-24)38-25-13-9-6-10-14-25)20-22-15-17-23(18-16-22)31-27(30)32-28(34)36-29(2,3)4;1-5(2,3)7-4-6/h5-18,26H,19-20H2,1-4H3,(H3,30,31,32,34);4H,1-3H3. The van der Waals surface area contributed by atoms with Crippen molar-refractivity contribution in [2.24, 2.45) is 10.7 Å². The van der Waals surface area contributed by atoms with Crippen LogP contribution < -0.4 is 20.1 Å². The fourth-order valence-corrected chi connectivity index (χ4v) is 5.83. The van der Waals surface area contributed by atoms with Crippen molar-refractivity contribution < 1.29 is 37.5 Å². The van der Waals surface area contributed by atoms with Crippen LogP contribution in [0, 0.1) is 0 Å². The minimum Gasteiger partial charge on any atom is -0.462 e. The molecule has 0 aromatic heterocycles. The summed E-state index contributed by atoms with van der Waals surface area (Å²) in [7, 11) is -3.89. The van der Waals surface area contributed by atoms with Crippen molar-refractivity contribution in [2.75, 3.05) is 0 Å². The van der Waals surface area contributed by atoms with E-state index in [2.05, 4.69) is 15.0 Å². The Kier molecular flexibility index (Phi) is 14.0. The summed E-state index contributed by atoms with van der Waals surface area (Å²) in [5.41, 5.74) is 5.36. The first-order valence-corrected chi connectivity index (χ1v) is 16.2. The first-order valence-electron chi connectivity index (χ1n) is 14.6. The van der Waals surface area contributed by atoms with E-state index in [1.54, 1.807) is 93.6 Å². The number of hydrogen-bond acceptors (Lipinski definition) is 9. The Balaban J connectivity index is 0.000000942. The van der Waals surface area contributed by atoms with E-state index < -0.39 is 24.9 Å². The monoisotopic (exact) mass is 653 g/mol. The van der Waals surface area contributed by atoms with Gasteiger partial charge in [-0.05, 0) is 96.8 Å². The van der Waals surface area contributed by atoms with Gasteiger partial charge in [-0.2, -0.15) is 0 Å². The smallest absolute Gasteiger partial charge is 0.434 e. The first kappa shape index (κ1) is 37.6. The Labute approximate surface area is 271 Å². The molecule has 1 atom stereocenters. The fraction of sp³-hybridized carbons (Fsp3) is 0.353. The molecule has 3 rings (SSSR count). The second kappa shape index (κ2) is 17.2. The third kappa shape index (κ3) is 14.9. The average Bonchev–Trinajstić information content (AvgIpc) is 2.93. The maximum absolute atomic E-state index is 14.3. The van der Waals surface area contributed by atoms with E-state index in [1.165, 1.54) is 6.92 Å². The predicted octanol–water partition coefficient (Wildman–Crippen LogP) is 7.36. The molecule has 0 aliphatic heterocycles. The first-order chi connectivity index (χ1) is 21.5. The average molecular weight is 654 g/mol. The molecule has 1 unspecified atom stereocenters. The summed E-state index contributed by atoms with van der Waals surface area (Å²) in [4.78, 5) is 37.9. The number of para-hydroxylation sites is 2. The molecule has 0 bridgehead atoms. The quantitative estimate of drug-likeness (QED) is 0.0934. The lowest BCUT2D eigenvalue weighted by atomic mass is 10.1. The van der Waals surface area contributed by atoms with Crippen molar-refractivity contribution in [3.63, 3.8) is 0 Å². The van der Waals surface area contributed by atoms with E-state index in [9.17, 15) is 18.9 Å². The molecule has 0 saturated heterocycles. The van der Waals surface area contributed by atoms with Crippen LogP contribution in [0.5, 0.6) is 11.5 Å². The van der Waals surface area contributed by atoms with Crippen LogP contribution in [-0.2, 0) is 30.0 Å². The van der Waals surface area contributed by atoms with Crippen LogP contribution in [0.25, 0.3) is 0 Å². The molecule has 3 aromatic rings. The van der Waals surface area contributed by atoms with Gasteiger partial charge in [0.1, 0.15) is 28.5 Å². The topological polar surface area (TPSA) is 156 Å². The zero-order valence-corrected chi connectivity index (χ0v) is 28.3. The van der Waals surface area contributed by atoms with Gasteiger partial charge in [-0.3, -0.25) is 14.9 Å². The number of hydrogen-bond donors (Lipinski definition) is 2. The Morgan fingerprint density at radius 3 is 1.74 bits per heavy atom. The van der Waals surface area contributed by atoms with Gasteiger partial charge in [-0.15, -0.1) is 0 Å². The van der Waals surface area contributed by atoms with Gasteiger partial charge in [0.2, 0.25) is 5.96 Å². The predicted molar refractivity (Wildman–Crippen MR) is 179 cm³/mol. The summed E-state index contributed by atoms with van der Waals surface area (Å²) in [6.07, 6.45) is -0.476. The zero-order valence-electron chi connectivity index (χ0n) is 27.4. The highest BCUT2D eigenvalue weighted by molar-refractivity contribution is 7.55. The number of nitrogens with zero attached hydrogens (tertiary/aromatic N) is 1. The van der Waals surface area contributed by atoms with E-state index in [4.69, 9.17) is 19.5 Å². The van der Waals surface area contributed by atoms with E-state index in [0.717, 1.165) is 5.56 Å². The molecule has 0 fully saturated rings. The number of carbonyl (C=O) groups excluding carboxylic acids is 3. The maximum Gasteiger partial charge on any atom is 0.434 e. The highest BCUT2D eigenvalue weighted by Gasteiger charge is 2.40. The van der Waals surface area contributed by atoms with Crippen LogP contribution in [0.4, 0.5) is 10.5 Å². The molecular weight excluding hydrogens is 609 g/mol. The summed E-state index contributed by atoms with van der Waals surface area (Å²) >= 11 is 0. The summed E-state index contributed by atoms with van der Waals surface area (Å²) in [6, 6.07) is 24.4. The Hall–Kier alpha value is -4.63. The number of rotatable bonds is 11. The lowest BCUT2D eigenvalue weighted by Gasteiger charge is -2.27. The largest absolute Gasteiger partial charge is 0.462 e. The minimum absolute atomic E-state index is 0.0103. The number of alkyl carbamates (subject to hydrolysis) is 1. The number of carbonyl (C=O) groups is 3. The number of nitrogens with two attached hydrogens (primary N) is 1. The van der Waals surface area contributed by atoms with Crippen LogP contribution in [-0.4, -0.2) is 41.2 Å². The van der Waals surface area contributed by atoms with Gasteiger partial charge >= 0.3 is 13.7 Å². The molecule has 0 saturated carbocycles. The van der Waals surface area contributed by atoms with Gasteiger partial charge < -0.3 is 24.3 Å². The summed E-state index contributed by atoms with van der Waals surface area (Å²) in [5.74, 6) is 0.491. The van der Waals surface area contributed by atoms with Crippen molar-refractivity contribution in [1.82, 2.24) is 5.32 Å². The number of guanidine groups is 1. The molecule has 3 aromatic carbocycles. The van der Waals surface area contributed by atoms with E-state index >= 15 is 0 Å². The zero-order chi connectivity index (χ0) is 34.4. The lowest BCUT2D eigenvalue weighted by molar-refractivity contribution is -0.138. The van der Waals surface area contributed by atoms with Gasteiger partial charge in [0.05, 0.1) is 11.3 Å². The molecule has 248 valence electrons. The van der Waals surface area contributed by atoms with Crippen molar-refractivity contribution in [1.29, 1.82) is 0 Å². The SMILES string of the molecule is CC(=O)CC(Cc1ccc(N=C(N)NC(=O)OC(C)(C)C)cc1)P(=O)(Oc1ccccc1)Oc1ccccc1.CC(C)(C)OC=O.